The van der Waals surface area contributed by atoms with Gasteiger partial charge in [-0.25, -0.2) is 0 Å². The molecule has 3 N–H and O–H groups in total. The Balaban J connectivity index is 1.75. The maximum Gasteiger partial charge on any atom is 0.291 e. The number of carbonyl (C=O) groups is 2. The van der Waals surface area contributed by atoms with Crippen molar-refractivity contribution in [2.45, 2.75) is 51.8 Å². The zero-order valence-corrected chi connectivity index (χ0v) is 17.6. The van der Waals surface area contributed by atoms with Gasteiger partial charge >= 0.3 is 0 Å². The first-order chi connectivity index (χ1) is 14.8. The van der Waals surface area contributed by atoms with Crippen LogP contribution in [-0.2, 0) is 11.3 Å². The Bertz CT molecular complexity index is 1110. The van der Waals surface area contributed by atoms with E-state index in [-0.39, 0.29) is 30.0 Å². The Hall–Kier alpha value is -3.14. The van der Waals surface area contributed by atoms with Gasteiger partial charge in [-0.05, 0) is 31.3 Å². The first-order valence-corrected chi connectivity index (χ1v) is 10.6. The van der Waals surface area contributed by atoms with E-state index in [1.807, 2.05) is 13.8 Å². The number of aliphatic hydroxyl groups excluding tert-OH is 1. The normalized spacial score (nSPS) is 19.1. The number of likely N-dealkylation sites (tertiary alicyclic amines) is 1. The van der Waals surface area contributed by atoms with E-state index in [9.17, 15) is 24.6 Å². The van der Waals surface area contributed by atoms with E-state index < -0.39 is 23.5 Å². The van der Waals surface area contributed by atoms with Crippen LogP contribution < -0.4 is 10.9 Å². The van der Waals surface area contributed by atoms with Crippen molar-refractivity contribution in [3.63, 3.8) is 0 Å². The van der Waals surface area contributed by atoms with Gasteiger partial charge in [0.05, 0.1) is 12.3 Å². The molecule has 2 amide bonds. The molecule has 1 saturated heterocycles. The highest BCUT2D eigenvalue weighted by Gasteiger charge is 2.30. The second-order valence-corrected chi connectivity index (χ2v) is 8.65. The number of nitrogens with one attached hydrogen (secondary N) is 1. The number of carbonyl (C=O) groups excluding carboxylic acids is 2. The maximum atomic E-state index is 13.0. The Morgan fingerprint density at radius 1 is 1.32 bits per heavy atom. The zero-order chi connectivity index (χ0) is 22.3. The van der Waals surface area contributed by atoms with Crippen LogP contribution in [0.4, 0.5) is 0 Å². The molecular weight excluding hydrogens is 402 g/mol. The Labute approximate surface area is 178 Å². The molecule has 1 atom stereocenters. The molecule has 10 nitrogen and oxygen atoms in total. The molecule has 0 spiro atoms. The number of aliphatic hydroxyl groups is 1. The molecule has 1 aliphatic carbocycles. The van der Waals surface area contributed by atoms with Crippen molar-refractivity contribution in [2.24, 2.45) is 5.92 Å². The summed E-state index contributed by atoms with van der Waals surface area (Å²) in [6, 6.07) is 0.0341. The number of β-amino-alcohol motifs (C(OH)–C–C–N with tert-alkyl or cyclic N) is 1. The summed E-state index contributed by atoms with van der Waals surface area (Å²) in [4.78, 5) is 39.5. The van der Waals surface area contributed by atoms with Gasteiger partial charge in [0.15, 0.2) is 5.56 Å². The third kappa shape index (κ3) is 4.20. The van der Waals surface area contributed by atoms with E-state index in [2.05, 4.69) is 10.4 Å². The van der Waals surface area contributed by atoms with Crippen molar-refractivity contribution in [3.8, 4) is 5.88 Å². The number of amides is 2. The predicted octanol–water partition coefficient (Wildman–Crippen LogP) is 0.356. The lowest BCUT2D eigenvalue weighted by molar-refractivity contribution is -0.125. The van der Waals surface area contributed by atoms with Gasteiger partial charge in [-0.1, -0.05) is 13.8 Å². The van der Waals surface area contributed by atoms with Gasteiger partial charge < -0.3 is 20.4 Å². The number of aromatic hydroxyl groups is 1. The fraction of sp³-hybridized carbons (Fsp3) is 0.524. The van der Waals surface area contributed by atoms with Crippen molar-refractivity contribution in [1.82, 2.24) is 24.4 Å². The first-order valence-electron chi connectivity index (χ1n) is 10.6. The fourth-order valence-corrected chi connectivity index (χ4v) is 3.76. The summed E-state index contributed by atoms with van der Waals surface area (Å²) in [6.07, 6.45) is 6.07. The molecule has 0 unspecified atom stereocenters. The third-order valence-electron chi connectivity index (χ3n) is 5.48. The van der Waals surface area contributed by atoms with E-state index in [0.717, 1.165) is 17.4 Å². The quantitative estimate of drug-likeness (QED) is 0.569. The van der Waals surface area contributed by atoms with Gasteiger partial charge in [0.2, 0.25) is 11.8 Å². The SMILES string of the molecule is CC(C)Cn1c(O)c(C(=O)NC2CC2)c(=O)n2ncc(/C=C/C(=O)N3CC[C@@H](O)C3)c12. The number of hydrogen-bond donors (Lipinski definition) is 3. The highest BCUT2D eigenvalue weighted by Crippen LogP contribution is 2.24. The molecule has 0 radical (unpaired) electrons. The molecule has 2 aromatic heterocycles. The molecule has 0 bridgehead atoms. The molecular formula is C21H27N5O5. The topological polar surface area (TPSA) is 129 Å². The molecule has 10 heteroatoms. The Kier molecular flexibility index (Phi) is 5.57. The van der Waals surface area contributed by atoms with Crippen LogP contribution in [0.3, 0.4) is 0 Å². The highest BCUT2D eigenvalue weighted by atomic mass is 16.3. The molecule has 2 aliphatic rings. The van der Waals surface area contributed by atoms with E-state index in [4.69, 9.17) is 0 Å². The number of rotatable bonds is 6. The van der Waals surface area contributed by atoms with E-state index in [1.54, 1.807) is 4.90 Å². The second-order valence-electron chi connectivity index (χ2n) is 8.65. The number of hydrogen-bond acceptors (Lipinski definition) is 6. The molecule has 31 heavy (non-hydrogen) atoms. The number of nitrogens with zero attached hydrogens (tertiary/aromatic N) is 4. The minimum absolute atomic E-state index is 0.0341. The molecule has 4 rings (SSSR count). The van der Waals surface area contributed by atoms with Gasteiger partial charge in [-0.3, -0.25) is 19.0 Å². The first kappa shape index (κ1) is 21.1. The van der Waals surface area contributed by atoms with Gasteiger partial charge in [-0.15, -0.1) is 0 Å². The lowest BCUT2D eigenvalue weighted by Crippen LogP contribution is -2.34. The van der Waals surface area contributed by atoms with E-state index in [0.29, 0.717) is 30.7 Å². The van der Waals surface area contributed by atoms with Crippen molar-refractivity contribution >= 4 is 23.5 Å². The summed E-state index contributed by atoms with van der Waals surface area (Å²) in [7, 11) is 0. The van der Waals surface area contributed by atoms with Crippen LogP contribution in [0.2, 0.25) is 0 Å². The monoisotopic (exact) mass is 429 g/mol. The molecule has 166 valence electrons. The van der Waals surface area contributed by atoms with Gasteiger partial charge in [-0.2, -0.15) is 9.61 Å². The second kappa shape index (κ2) is 8.18. The smallest absolute Gasteiger partial charge is 0.291 e. The van der Waals surface area contributed by atoms with Gasteiger partial charge in [0.1, 0.15) is 5.65 Å². The maximum absolute atomic E-state index is 13.0. The van der Waals surface area contributed by atoms with Crippen LogP contribution in [0.25, 0.3) is 11.7 Å². The molecule has 1 aliphatic heterocycles. The molecule has 3 heterocycles. The molecule has 2 fully saturated rings. The number of fused-ring (bicyclic) bond motifs is 1. The average molecular weight is 429 g/mol. The lowest BCUT2D eigenvalue weighted by atomic mass is 10.2. The average Bonchev–Trinajstić information content (AvgIpc) is 3.24. The zero-order valence-electron chi connectivity index (χ0n) is 17.6. The van der Waals surface area contributed by atoms with E-state index in [1.165, 1.54) is 22.9 Å². The van der Waals surface area contributed by atoms with Crippen molar-refractivity contribution in [3.05, 3.63) is 33.8 Å². The van der Waals surface area contributed by atoms with Crippen LogP contribution in [0.5, 0.6) is 5.88 Å². The van der Waals surface area contributed by atoms with Crippen LogP contribution >= 0.6 is 0 Å². The van der Waals surface area contributed by atoms with Gasteiger partial charge in [0.25, 0.3) is 11.5 Å². The van der Waals surface area contributed by atoms with Crippen LogP contribution in [0, 0.1) is 5.92 Å². The minimum Gasteiger partial charge on any atom is -0.494 e. The minimum atomic E-state index is -0.709. The summed E-state index contributed by atoms with van der Waals surface area (Å²) in [5, 5.41) is 27.4. The summed E-state index contributed by atoms with van der Waals surface area (Å²) >= 11 is 0. The molecule has 1 saturated carbocycles. The van der Waals surface area contributed by atoms with Crippen molar-refractivity contribution < 1.29 is 19.8 Å². The van der Waals surface area contributed by atoms with Crippen molar-refractivity contribution in [1.29, 1.82) is 0 Å². The standard InChI is InChI=1S/C21H27N5O5/c1-12(2)10-25-19-13(3-6-16(28)24-8-7-15(27)11-24)9-22-26(19)21(31)17(20(25)30)18(29)23-14-4-5-14/h3,6,9,12,14-15,27,30H,4-5,7-8,10-11H2,1-2H3,(H,23,29)/b6-3+/t15-/m1/s1. The lowest BCUT2D eigenvalue weighted by Gasteiger charge is -2.17. The van der Waals surface area contributed by atoms with E-state index >= 15 is 0 Å². The van der Waals surface area contributed by atoms with Crippen molar-refractivity contribution in [2.75, 3.05) is 13.1 Å². The third-order valence-corrected chi connectivity index (χ3v) is 5.48. The Morgan fingerprint density at radius 2 is 2.06 bits per heavy atom. The fourth-order valence-electron chi connectivity index (χ4n) is 3.76. The molecule has 2 aromatic rings. The molecule has 0 aromatic carbocycles. The van der Waals surface area contributed by atoms with Gasteiger partial charge in [0, 0.05) is 37.3 Å². The van der Waals surface area contributed by atoms with Crippen LogP contribution in [0.15, 0.2) is 17.1 Å². The summed E-state index contributed by atoms with van der Waals surface area (Å²) in [6.45, 7) is 5.02. The summed E-state index contributed by atoms with van der Waals surface area (Å²) in [5.41, 5.74) is -0.264. The summed E-state index contributed by atoms with van der Waals surface area (Å²) < 4.78 is 2.58. The predicted molar refractivity (Wildman–Crippen MR) is 113 cm³/mol. The Morgan fingerprint density at radius 3 is 2.68 bits per heavy atom. The number of aromatic nitrogens is 3. The summed E-state index contributed by atoms with van der Waals surface area (Å²) in [5.74, 6) is -1.16. The largest absolute Gasteiger partial charge is 0.494 e. The van der Waals surface area contributed by atoms with Crippen LogP contribution in [0.1, 0.15) is 49.0 Å². The highest BCUT2D eigenvalue weighted by molar-refractivity contribution is 5.97. The van der Waals surface area contributed by atoms with Crippen LogP contribution in [-0.4, -0.2) is 66.3 Å².